The molecule has 0 spiro atoms. The summed E-state index contributed by atoms with van der Waals surface area (Å²) in [7, 11) is 0. The number of aliphatic imine (C=N–C) groups is 1. The molecular weight excluding hydrogens is 78.0 g/mol. The van der Waals surface area contributed by atoms with Crippen LogP contribution in [0.1, 0.15) is 6.42 Å². The van der Waals surface area contributed by atoms with Crippen LogP contribution in [0.25, 0.3) is 0 Å². The van der Waals surface area contributed by atoms with E-state index in [1.54, 1.807) is 0 Å². The third kappa shape index (κ3) is 3.34. The number of amides is 1. The zero-order chi connectivity index (χ0) is 4.83. The van der Waals surface area contributed by atoms with Crippen molar-refractivity contribution in [3.8, 4) is 0 Å². The van der Waals surface area contributed by atoms with Crippen LogP contribution in [0.3, 0.4) is 0 Å². The number of carbonyl (C=O) groups is 1. The van der Waals surface area contributed by atoms with Gasteiger partial charge in [0, 0.05) is 6.21 Å². The fourth-order valence-corrected chi connectivity index (χ4v) is 0.118. The number of carbonyl (C=O) groups excluding carboxylic acids is 1. The van der Waals surface area contributed by atoms with E-state index in [1.165, 1.54) is 6.21 Å². The van der Waals surface area contributed by atoms with Gasteiger partial charge in [0.25, 0.3) is 0 Å². The second kappa shape index (κ2) is 4.34. The largest absolute Gasteiger partial charge is 0.276 e. The molecule has 0 aliphatic heterocycles. The predicted molar refractivity (Wildman–Crippen MR) is 24.5 cm³/mol. The lowest BCUT2D eigenvalue weighted by atomic mass is 10.5. The smallest absolute Gasteiger partial charge is 0.232 e. The minimum Gasteiger partial charge on any atom is -0.276 e. The Balaban J connectivity index is 2.94. The Kier molecular flexibility index (Phi) is 3.86. The van der Waals surface area contributed by atoms with E-state index < -0.39 is 0 Å². The van der Waals surface area contributed by atoms with Crippen molar-refractivity contribution in [2.75, 3.05) is 0 Å². The van der Waals surface area contributed by atoms with E-state index in [2.05, 4.69) is 11.9 Å². The highest BCUT2D eigenvalue weighted by molar-refractivity contribution is 5.69. The predicted octanol–water partition coefficient (Wildman–Crippen LogP) is 0.438. The molecule has 0 bridgehead atoms. The molecule has 0 unspecified atom stereocenters. The molecule has 0 rings (SSSR count). The molecule has 0 aliphatic carbocycles. The maximum Gasteiger partial charge on any atom is 0.232 e. The first kappa shape index (κ1) is 5.34. The Morgan fingerprint density at radius 2 is 2.50 bits per heavy atom. The van der Waals surface area contributed by atoms with Gasteiger partial charge in [0.1, 0.15) is 0 Å². The SMILES string of the molecule is [CH2]CC=NC=O. The number of nitrogens with zero attached hydrogens (tertiary/aromatic N) is 1. The van der Waals surface area contributed by atoms with Gasteiger partial charge in [-0.3, -0.25) is 4.79 Å². The molecule has 33 valence electrons. The minimum atomic E-state index is 0.491. The average molecular weight is 84.1 g/mol. The van der Waals surface area contributed by atoms with Crippen molar-refractivity contribution in [3.05, 3.63) is 6.92 Å². The highest BCUT2D eigenvalue weighted by atomic mass is 16.1. The summed E-state index contributed by atoms with van der Waals surface area (Å²) in [5.74, 6) is 0. The normalized spacial score (nSPS) is 9.50. The van der Waals surface area contributed by atoms with Crippen LogP contribution in [0.15, 0.2) is 4.99 Å². The van der Waals surface area contributed by atoms with Gasteiger partial charge in [-0.05, 0) is 13.3 Å². The molecule has 0 aromatic rings. The number of hydrogen-bond acceptors (Lipinski definition) is 1. The first-order chi connectivity index (χ1) is 2.91. The van der Waals surface area contributed by atoms with E-state index in [1.807, 2.05) is 0 Å². The van der Waals surface area contributed by atoms with Gasteiger partial charge in [-0.2, -0.15) is 0 Å². The maximum absolute atomic E-state index is 9.34. The van der Waals surface area contributed by atoms with E-state index in [0.717, 1.165) is 0 Å². The van der Waals surface area contributed by atoms with Gasteiger partial charge in [0.05, 0.1) is 0 Å². The Labute approximate surface area is 36.9 Å². The Bertz CT molecular complexity index is 58.6. The molecule has 0 saturated heterocycles. The van der Waals surface area contributed by atoms with Crippen LogP contribution < -0.4 is 0 Å². The summed E-state index contributed by atoms with van der Waals surface area (Å²) in [5.41, 5.74) is 0. The summed E-state index contributed by atoms with van der Waals surface area (Å²) in [4.78, 5) is 12.6. The maximum atomic E-state index is 9.34. The fraction of sp³-hybridized carbons (Fsp3) is 0.250. The van der Waals surface area contributed by atoms with E-state index in [9.17, 15) is 4.79 Å². The molecule has 0 saturated carbocycles. The molecule has 0 heterocycles. The number of rotatable bonds is 2. The van der Waals surface area contributed by atoms with Crippen LogP contribution in [-0.2, 0) is 4.79 Å². The van der Waals surface area contributed by atoms with Crippen molar-refractivity contribution < 1.29 is 4.79 Å². The van der Waals surface area contributed by atoms with Gasteiger partial charge in [-0.25, -0.2) is 4.99 Å². The van der Waals surface area contributed by atoms with Crippen molar-refractivity contribution in [3.63, 3.8) is 0 Å². The Morgan fingerprint density at radius 1 is 1.83 bits per heavy atom. The summed E-state index contributed by atoms with van der Waals surface area (Å²) < 4.78 is 0. The van der Waals surface area contributed by atoms with Crippen LogP contribution in [0.5, 0.6) is 0 Å². The van der Waals surface area contributed by atoms with Gasteiger partial charge in [0.2, 0.25) is 6.41 Å². The third-order valence-electron chi connectivity index (χ3n) is 0.295. The second-order valence-electron chi connectivity index (χ2n) is 0.726. The molecule has 2 heteroatoms. The van der Waals surface area contributed by atoms with Gasteiger partial charge < -0.3 is 0 Å². The first-order valence-electron chi connectivity index (χ1n) is 1.66. The zero-order valence-corrected chi connectivity index (χ0v) is 3.42. The van der Waals surface area contributed by atoms with Gasteiger partial charge >= 0.3 is 0 Å². The zero-order valence-electron chi connectivity index (χ0n) is 3.42. The van der Waals surface area contributed by atoms with Crippen LogP contribution in [0.2, 0.25) is 0 Å². The molecule has 6 heavy (non-hydrogen) atoms. The van der Waals surface area contributed by atoms with E-state index in [4.69, 9.17) is 0 Å². The lowest BCUT2D eigenvalue weighted by molar-refractivity contribution is -0.106. The Hall–Kier alpha value is -0.660. The molecule has 0 aromatic heterocycles. The highest BCUT2D eigenvalue weighted by Gasteiger charge is 1.59. The lowest BCUT2D eigenvalue weighted by Gasteiger charge is -1.65. The number of hydrogen-bond donors (Lipinski definition) is 0. The second-order valence-corrected chi connectivity index (χ2v) is 0.726. The minimum absolute atomic E-state index is 0.491. The molecular formula is C4H6NO. The first-order valence-corrected chi connectivity index (χ1v) is 1.66. The highest BCUT2D eigenvalue weighted by Crippen LogP contribution is 1.60. The summed E-state index contributed by atoms with van der Waals surface area (Å²) in [6.45, 7) is 3.42. The summed E-state index contributed by atoms with van der Waals surface area (Å²) in [6.07, 6.45) is 2.52. The molecule has 1 radical (unpaired) electrons. The molecule has 0 atom stereocenters. The average Bonchev–Trinajstić information content (AvgIpc) is 1.61. The van der Waals surface area contributed by atoms with E-state index in [-0.39, 0.29) is 0 Å². The standard InChI is InChI=1S/C4H6NO/c1-2-3-5-4-6/h3-4H,1-2H2. The van der Waals surface area contributed by atoms with Gasteiger partial charge in [-0.15, -0.1) is 0 Å². The van der Waals surface area contributed by atoms with Crippen molar-refractivity contribution >= 4 is 12.6 Å². The van der Waals surface area contributed by atoms with Crippen molar-refractivity contribution in [1.82, 2.24) is 0 Å². The monoisotopic (exact) mass is 84.0 g/mol. The van der Waals surface area contributed by atoms with Crippen LogP contribution in [-0.4, -0.2) is 12.6 Å². The molecule has 0 aromatic carbocycles. The fourth-order valence-electron chi connectivity index (χ4n) is 0.118. The summed E-state index contributed by atoms with van der Waals surface area (Å²) in [6, 6.07) is 0. The summed E-state index contributed by atoms with van der Waals surface area (Å²) >= 11 is 0. The Morgan fingerprint density at radius 3 is 2.67 bits per heavy atom. The van der Waals surface area contributed by atoms with E-state index in [0.29, 0.717) is 12.8 Å². The molecule has 0 N–H and O–H groups in total. The topological polar surface area (TPSA) is 29.4 Å². The van der Waals surface area contributed by atoms with Gasteiger partial charge in [-0.1, -0.05) is 0 Å². The van der Waals surface area contributed by atoms with Gasteiger partial charge in [0.15, 0.2) is 0 Å². The molecule has 0 aliphatic rings. The molecule has 0 fully saturated rings. The molecule has 1 amide bonds. The quantitative estimate of drug-likeness (QED) is 0.352. The van der Waals surface area contributed by atoms with Crippen LogP contribution in [0, 0.1) is 6.92 Å². The summed E-state index contributed by atoms with van der Waals surface area (Å²) in [5, 5.41) is 0. The van der Waals surface area contributed by atoms with Crippen LogP contribution in [0.4, 0.5) is 0 Å². The molecule has 2 nitrogen and oxygen atoms in total. The third-order valence-corrected chi connectivity index (χ3v) is 0.295. The van der Waals surface area contributed by atoms with E-state index >= 15 is 0 Å². The lowest BCUT2D eigenvalue weighted by Crippen LogP contribution is -1.66. The van der Waals surface area contributed by atoms with Crippen molar-refractivity contribution in [1.29, 1.82) is 0 Å². The van der Waals surface area contributed by atoms with Crippen molar-refractivity contribution in [2.24, 2.45) is 4.99 Å². The van der Waals surface area contributed by atoms with Crippen molar-refractivity contribution in [2.45, 2.75) is 6.42 Å². The van der Waals surface area contributed by atoms with Crippen LogP contribution >= 0.6 is 0 Å².